The summed E-state index contributed by atoms with van der Waals surface area (Å²) in [5, 5.41) is 4.67. The molecule has 0 spiro atoms. The number of benzene rings is 1. The number of rotatable bonds is 5. The largest absolute Gasteiger partial charge is 0.356 e. The van der Waals surface area contributed by atoms with Gasteiger partial charge in [0.25, 0.3) is 0 Å². The van der Waals surface area contributed by atoms with Crippen LogP contribution < -0.4 is 10.2 Å². The Kier molecular flexibility index (Phi) is 4.66. The Morgan fingerprint density at radius 3 is 3.00 bits per heavy atom. The van der Waals surface area contributed by atoms with Gasteiger partial charge in [-0.15, -0.1) is 0 Å². The minimum Gasteiger partial charge on any atom is -0.356 e. The molecule has 1 aromatic carbocycles. The van der Waals surface area contributed by atoms with Crippen LogP contribution >= 0.6 is 11.8 Å². The third kappa shape index (κ3) is 3.16. The highest BCUT2D eigenvalue weighted by molar-refractivity contribution is 7.99. The average Bonchev–Trinajstić information content (AvgIpc) is 3.05. The number of fused-ring (bicyclic) bond motifs is 1. The lowest BCUT2D eigenvalue weighted by atomic mass is 10.1. The second-order valence-corrected chi connectivity index (χ2v) is 6.72. The van der Waals surface area contributed by atoms with Crippen molar-refractivity contribution in [1.82, 2.24) is 10.3 Å². The molecule has 1 aromatic heterocycles. The molecule has 0 aliphatic carbocycles. The van der Waals surface area contributed by atoms with E-state index >= 15 is 0 Å². The highest BCUT2D eigenvalue weighted by Crippen LogP contribution is 2.29. The SMILES string of the molecule is CCNCc1cc2ccccc2nc1N(C)C1CCSC1. The van der Waals surface area contributed by atoms with Gasteiger partial charge in [0.1, 0.15) is 5.82 Å². The van der Waals surface area contributed by atoms with Crippen LogP contribution in [0.15, 0.2) is 30.3 Å². The molecule has 2 heterocycles. The van der Waals surface area contributed by atoms with Gasteiger partial charge in [0, 0.05) is 36.3 Å². The zero-order valence-electron chi connectivity index (χ0n) is 12.8. The van der Waals surface area contributed by atoms with Crippen LogP contribution in [0.25, 0.3) is 10.9 Å². The number of nitrogens with one attached hydrogen (secondary N) is 1. The summed E-state index contributed by atoms with van der Waals surface area (Å²) in [5.41, 5.74) is 2.39. The van der Waals surface area contributed by atoms with Crippen LogP contribution in [0, 0.1) is 0 Å². The van der Waals surface area contributed by atoms with Crippen LogP contribution in [-0.2, 0) is 6.54 Å². The summed E-state index contributed by atoms with van der Waals surface area (Å²) in [6.45, 7) is 4.01. The molecule has 0 amide bonds. The summed E-state index contributed by atoms with van der Waals surface area (Å²) in [5.74, 6) is 3.62. The van der Waals surface area contributed by atoms with Crippen LogP contribution in [0.2, 0.25) is 0 Å². The van der Waals surface area contributed by atoms with Gasteiger partial charge in [0.05, 0.1) is 5.52 Å². The molecule has 1 aliphatic heterocycles. The Balaban J connectivity index is 2.00. The van der Waals surface area contributed by atoms with E-state index in [1.807, 2.05) is 11.8 Å². The van der Waals surface area contributed by atoms with Gasteiger partial charge in [-0.2, -0.15) is 11.8 Å². The molecule has 0 saturated carbocycles. The maximum absolute atomic E-state index is 4.95. The lowest BCUT2D eigenvalue weighted by Gasteiger charge is -2.27. The van der Waals surface area contributed by atoms with E-state index in [0.29, 0.717) is 6.04 Å². The van der Waals surface area contributed by atoms with E-state index in [4.69, 9.17) is 4.98 Å². The maximum Gasteiger partial charge on any atom is 0.133 e. The molecule has 1 aliphatic rings. The second-order valence-electron chi connectivity index (χ2n) is 5.57. The van der Waals surface area contributed by atoms with Crippen molar-refractivity contribution in [3.63, 3.8) is 0 Å². The van der Waals surface area contributed by atoms with E-state index < -0.39 is 0 Å². The predicted octanol–water partition coefficient (Wildman–Crippen LogP) is 3.29. The first-order chi connectivity index (χ1) is 10.3. The molecule has 3 nitrogen and oxygen atoms in total. The minimum atomic E-state index is 0.615. The maximum atomic E-state index is 4.95. The number of aromatic nitrogens is 1. The molecule has 1 saturated heterocycles. The van der Waals surface area contributed by atoms with Gasteiger partial charge in [0.15, 0.2) is 0 Å². The monoisotopic (exact) mass is 301 g/mol. The first-order valence-electron chi connectivity index (χ1n) is 7.69. The van der Waals surface area contributed by atoms with Crippen LogP contribution in [0.5, 0.6) is 0 Å². The number of hydrogen-bond acceptors (Lipinski definition) is 4. The molecule has 21 heavy (non-hydrogen) atoms. The van der Waals surface area contributed by atoms with Crippen molar-refractivity contribution in [1.29, 1.82) is 0 Å². The summed E-state index contributed by atoms with van der Waals surface area (Å²) in [4.78, 5) is 7.34. The van der Waals surface area contributed by atoms with Crippen molar-refractivity contribution in [2.45, 2.75) is 25.9 Å². The number of hydrogen-bond donors (Lipinski definition) is 1. The third-order valence-electron chi connectivity index (χ3n) is 4.13. The van der Waals surface area contributed by atoms with Gasteiger partial charge in [0.2, 0.25) is 0 Å². The normalized spacial score (nSPS) is 18.3. The number of nitrogens with zero attached hydrogens (tertiary/aromatic N) is 2. The topological polar surface area (TPSA) is 28.2 Å². The summed E-state index contributed by atoms with van der Waals surface area (Å²) in [6, 6.07) is 11.3. The van der Waals surface area contributed by atoms with E-state index in [0.717, 1.165) is 24.4 Å². The fraction of sp³-hybridized carbons (Fsp3) is 0.471. The summed E-state index contributed by atoms with van der Waals surface area (Å²) >= 11 is 2.05. The zero-order valence-corrected chi connectivity index (χ0v) is 13.6. The number of thioether (sulfide) groups is 1. The molecule has 3 rings (SSSR count). The Hall–Kier alpha value is -1.26. The van der Waals surface area contributed by atoms with E-state index in [-0.39, 0.29) is 0 Å². The zero-order chi connectivity index (χ0) is 14.7. The van der Waals surface area contributed by atoms with E-state index in [1.165, 1.54) is 28.9 Å². The quantitative estimate of drug-likeness (QED) is 0.917. The fourth-order valence-corrected chi connectivity index (χ4v) is 4.11. The van der Waals surface area contributed by atoms with Gasteiger partial charge in [-0.1, -0.05) is 25.1 Å². The summed E-state index contributed by atoms with van der Waals surface area (Å²) < 4.78 is 0. The van der Waals surface area contributed by atoms with Crippen molar-refractivity contribution >= 4 is 28.5 Å². The molecule has 1 atom stereocenters. The van der Waals surface area contributed by atoms with Gasteiger partial charge in [-0.3, -0.25) is 0 Å². The Morgan fingerprint density at radius 1 is 1.38 bits per heavy atom. The standard InChI is InChI=1S/C17H23N3S/c1-3-18-11-14-10-13-6-4-5-7-16(13)19-17(14)20(2)15-8-9-21-12-15/h4-7,10,15,18H,3,8-9,11-12H2,1-2H3. The average molecular weight is 301 g/mol. The summed E-state index contributed by atoms with van der Waals surface area (Å²) in [7, 11) is 2.20. The highest BCUT2D eigenvalue weighted by Gasteiger charge is 2.23. The minimum absolute atomic E-state index is 0.615. The molecule has 112 valence electrons. The van der Waals surface area contributed by atoms with Crippen molar-refractivity contribution in [3.05, 3.63) is 35.9 Å². The van der Waals surface area contributed by atoms with Crippen molar-refractivity contribution in [2.75, 3.05) is 30.0 Å². The van der Waals surface area contributed by atoms with E-state index in [9.17, 15) is 0 Å². The molecule has 0 bridgehead atoms. The molecule has 2 aromatic rings. The fourth-order valence-electron chi connectivity index (χ4n) is 2.85. The van der Waals surface area contributed by atoms with Gasteiger partial charge < -0.3 is 10.2 Å². The third-order valence-corrected chi connectivity index (χ3v) is 5.28. The van der Waals surface area contributed by atoms with Gasteiger partial charge in [-0.25, -0.2) is 4.98 Å². The smallest absolute Gasteiger partial charge is 0.133 e. The predicted molar refractivity (Wildman–Crippen MR) is 93.3 cm³/mol. The van der Waals surface area contributed by atoms with E-state index in [1.54, 1.807) is 0 Å². The molecule has 1 fully saturated rings. The molecular formula is C17H23N3S. The van der Waals surface area contributed by atoms with Crippen molar-refractivity contribution in [2.24, 2.45) is 0 Å². The van der Waals surface area contributed by atoms with Crippen LogP contribution in [0.3, 0.4) is 0 Å². The molecular weight excluding hydrogens is 278 g/mol. The van der Waals surface area contributed by atoms with Crippen molar-refractivity contribution < 1.29 is 0 Å². The first-order valence-corrected chi connectivity index (χ1v) is 8.85. The first kappa shape index (κ1) is 14.7. The summed E-state index contributed by atoms with van der Waals surface area (Å²) in [6.07, 6.45) is 1.26. The molecule has 1 N–H and O–H groups in total. The van der Waals surface area contributed by atoms with Crippen molar-refractivity contribution in [3.8, 4) is 0 Å². The van der Waals surface area contributed by atoms with Crippen LogP contribution in [0.1, 0.15) is 18.9 Å². The number of para-hydroxylation sites is 1. The Morgan fingerprint density at radius 2 is 2.24 bits per heavy atom. The van der Waals surface area contributed by atoms with E-state index in [2.05, 4.69) is 54.5 Å². The Bertz CT molecular complexity index is 608. The van der Waals surface area contributed by atoms with Gasteiger partial charge in [-0.05, 0) is 30.9 Å². The van der Waals surface area contributed by atoms with Gasteiger partial charge >= 0.3 is 0 Å². The van der Waals surface area contributed by atoms with Crippen LogP contribution in [0.4, 0.5) is 5.82 Å². The number of pyridine rings is 1. The second kappa shape index (κ2) is 6.67. The molecule has 0 radical (unpaired) electrons. The number of anilines is 1. The lowest BCUT2D eigenvalue weighted by molar-refractivity contribution is 0.676. The molecule has 1 unspecified atom stereocenters. The highest BCUT2D eigenvalue weighted by atomic mass is 32.2. The lowest BCUT2D eigenvalue weighted by Crippen LogP contribution is -2.33. The molecule has 4 heteroatoms. The Labute approximate surface area is 131 Å². The van der Waals surface area contributed by atoms with Crippen LogP contribution in [-0.4, -0.2) is 36.1 Å².